The predicted octanol–water partition coefficient (Wildman–Crippen LogP) is 3.68. The maximum Gasteiger partial charge on any atom is 0.263 e. The van der Waals surface area contributed by atoms with E-state index in [-0.39, 0.29) is 11.9 Å². The van der Waals surface area contributed by atoms with E-state index in [0.717, 1.165) is 53.6 Å². The van der Waals surface area contributed by atoms with Crippen LogP contribution in [0.3, 0.4) is 0 Å². The molecule has 1 amide bonds. The van der Waals surface area contributed by atoms with Gasteiger partial charge < -0.3 is 10.2 Å². The standard InChI is InChI=1S/C17H18ClN3OS/c18-12-3-5-14(6-4-12)21-8-7-13(9-21)20-17(22)16-15(11-1-2-11)19-10-23-16/h3-6,10-11,13H,1-2,7-9H2,(H,20,22). The molecule has 1 aliphatic heterocycles. The van der Waals surface area contributed by atoms with Crippen molar-refractivity contribution in [1.29, 1.82) is 0 Å². The van der Waals surface area contributed by atoms with Crippen LogP contribution in [-0.4, -0.2) is 30.0 Å². The summed E-state index contributed by atoms with van der Waals surface area (Å²) in [5.74, 6) is 0.550. The molecule has 1 unspecified atom stereocenters. The Morgan fingerprint density at radius 3 is 2.78 bits per heavy atom. The Morgan fingerprint density at radius 2 is 2.04 bits per heavy atom. The molecule has 0 radical (unpaired) electrons. The summed E-state index contributed by atoms with van der Waals surface area (Å²) in [5, 5.41) is 3.93. The highest BCUT2D eigenvalue weighted by atomic mass is 35.5. The minimum atomic E-state index is 0.0392. The summed E-state index contributed by atoms with van der Waals surface area (Å²) in [6.45, 7) is 1.79. The SMILES string of the molecule is O=C(NC1CCN(c2ccc(Cl)cc2)C1)c1scnc1C1CC1. The number of amides is 1. The zero-order valence-electron chi connectivity index (χ0n) is 12.7. The van der Waals surface area contributed by atoms with Crippen molar-refractivity contribution in [3.8, 4) is 0 Å². The lowest BCUT2D eigenvalue weighted by molar-refractivity contribution is 0.0943. The monoisotopic (exact) mass is 347 g/mol. The summed E-state index contributed by atoms with van der Waals surface area (Å²) < 4.78 is 0. The first-order valence-electron chi connectivity index (χ1n) is 7.95. The minimum absolute atomic E-state index is 0.0392. The van der Waals surface area contributed by atoms with Gasteiger partial charge in [0.2, 0.25) is 0 Å². The van der Waals surface area contributed by atoms with Gasteiger partial charge >= 0.3 is 0 Å². The van der Waals surface area contributed by atoms with Crippen LogP contribution in [0.15, 0.2) is 29.8 Å². The topological polar surface area (TPSA) is 45.2 Å². The molecule has 23 heavy (non-hydrogen) atoms. The molecule has 120 valence electrons. The Labute approximate surface area is 144 Å². The van der Waals surface area contributed by atoms with Crippen LogP contribution in [0.5, 0.6) is 0 Å². The van der Waals surface area contributed by atoms with Crippen molar-refractivity contribution in [3.63, 3.8) is 0 Å². The second-order valence-electron chi connectivity index (χ2n) is 6.22. The number of carbonyl (C=O) groups is 1. The highest BCUT2D eigenvalue weighted by Crippen LogP contribution is 2.41. The Morgan fingerprint density at radius 1 is 1.26 bits per heavy atom. The van der Waals surface area contributed by atoms with Crippen molar-refractivity contribution in [2.45, 2.75) is 31.2 Å². The van der Waals surface area contributed by atoms with Gasteiger partial charge in [-0.1, -0.05) is 11.6 Å². The number of anilines is 1. The first kappa shape index (κ1) is 15.0. The van der Waals surface area contributed by atoms with Gasteiger partial charge in [-0.25, -0.2) is 4.98 Å². The van der Waals surface area contributed by atoms with Crippen molar-refractivity contribution < 1.29 is 4.79 Å². The number of hydrogen-bond donors (Lipinski definition) is 1. The quantitative estimate of drug-likeness (QED) is 0.917. The van der Waals surface area contributed by atoms with Crippen LogP contribution in [0.4, 0.5) is 5.69 Å². The third-order valence-electron chi connectivity index (χ3n) is 4.48. The zero-order chi connectivity index (χ0) is 15.8. The fraction of sp³-hybridized carbons (Fsp3) is 0.412. The van der Waals surface area contributed by atoms with Crippen LogP contribution in [-0.2, 0) is 0 Å². The number of nitrogens with zero attached hydrogens (tertiary/aromatic N) is 2. The maximum absolute atomic E-state index is 12.5. The molecule has 2 heterocycles. The lowest BCUT2D eigenvalue weighted by Crippen LogP contribution is -2.37. The minimum Gasteiger partial charge on any atom is -0.369 e. The summed E-state index contributed by atoms with van der Waals surface area (Å²) >= 11 is 7.39. The first-order chi connectivity index (χ1) is 11.2. The number of thiazole rings is 1. The Balaban J connectivity index is 1.39. The van der Waals surface area contributed by atoms with Crippen molar-refractivity contribution in [2.75, 3.05) is 18.0 Å². The average molecular weight is 348 g/mol. The molecule has 2 aromatic rings. The van der Waals surface area contributed by atoms with Gasteiger partial charge in [0.15, 0.2) is 0 Å². The second kappa shape index (κ2) is 6.13. The smallest absolute Gasteiger partial charge is 0.263 e. The third kappa shape index (κ3) is 3.21. The number of aromatic nitrogens is 1. The molecule has 1 saturated carbocycles. The van der Waals surface area contributed by atoms with Crippen LogP contribution in [0.25, 0.3) is 0 Å². The van der Waals surface area contributed by atoms with E-state index >= 15 is 0 Å². The van der Waals surface area contributed by atoms with Gasteiger partial charge in [0.05, 0.1) is 11.2 Å². The summed E-state index contributed by atoms with van der Waals surface area (Å²) in [6, 6.07) is 8.05. The van der Waals surface area contributed by atoms with Gasteiger partial charge in [-0.2, -0.15) is 0 Å². The number of benzene rings is 1. The third-order valence-corrected chi connectivity index (χ3v) is 5.57. The van der Waals surface area contributed by atoms with Crippen molar-refractivity contribution >= 4 is 34.5 Å². The largest absolute Gasteiger partial charge is 0.369 e. The summed E-state index contributed by atoms with van der Waals surface area (Å²) in [5.41, 5.74) is 3.94. The molecule has 2 fully saturated rings. The number of rotatable bonds is 4. The predicted molar refractivity (Wildman–Crippen MR) is 93.6 cm³/mol. The van der Waals surface area contributed by atoms with Gasteiger partial charge in [0.1, 0.15) is 4.88 Å². The Bertz CT molecular complexity index is 711. The molecule has 1 aromatic carbocycles. The first-order valence-corrected chi connectivity index (χ1v) is 9.21. The van der Waals surface area contributed by atoms with Crippen molar-refractivity contribution in [1.82, 2.24) is 10.3 Å². The molecule has 1 N–H and O–H groups in total. The summed E-state index contributed by atoms with van der Waals surface area (Å²) in [7, 11) is 0. The molecule has 0 spiro atoms. The molecule has 6 heteroatoms. The molecular formula is C17H18ClN3OS. The normalized spacial score (nSPS) is 20.7. The molecule has 0 bridgehead atoms. The summed E-state index contributed by atoms with van der Waals surface area (Å²) in [4.78, 5) is 20.0. The van der Waals surface area contributed by atoms with Gasteiger partial charge in [-0.3, -0.25) is 4.79 Å². The van der Waals surface area contributed by atoms with E-state index in [1.807, 2.05) is 24.3 Å². The molecule has 4 rings (SSSR count). The molecule has 1 aliphatic carbocycles. The Hall–Kier alpha value is -1.59. The highest BCUT2D eigenvalue weighted by Gasteiger charge is 2.32. The van der Waals surface area contributed by atoms with Gasteiger partial charge in [-0.05, 0) is 43.5 Å². The van der Waals surface area contributed by atoms with E-state index in [1.165, 1.54) is 11.3 Å². The maximum atomic E-state index is 12.5. The zero-order valence-corrected chi connectivity index (χ0v) is 14.2. The molecule has 2 aliphatic rings. The van der Waals surface area contributed by atoms with Gasteiger partial charge in [-0.15, -0.1) is 11.3 Å². The molecule has 4 nitrogen and oxygen atoms in total. The van der Waals surface area contributed by atoms with Crippen LogP contribution in [0.2, 0.25) is 5.02 Å². The fourth-order valence-electron chi connectivity index (χ4n) is 3.09. The van der Waals surface area contributed by atoms with Gasteiger partial charge in [0, 0.05) is 35.8 Å². The van der Waals surface area contributed by atoms with E-state index in [0.29, 0.717) is 5.92 Å². The van der Waals surface area contributed by atoms with Crippen LogP contribution >= 0.6 is 22.9 Å². The number of nitrogens with one attached hydrogen (secondary N) is 1. The van der Waals surface area contributed by atoms with Crippen molar-refractivity contribution in [3.05, 3.63) is 45.4 Å². The van der Waals surface area contributed by atoms with E-state index < -0.39 is 0 Å². The lowest BCUT2D eigenvalue weighted by atomic mass is 10.2. The van der Waals surface area contributed by atoms with Crippen molar-refractivity contribution in [2.24, 2.45) is 0 Å². The van der Waals surface area contributed by atoms with Crippen LogP contribution in [0, 0.1) is 0 Å². The second-order valence-corrected chi connectivity index (χ2v) is 7.51. The molecule has 1 atom stereocenters. The number of hydrogen-bond acceptors (Lipinski definition) is 4. The summed E-state index contributed by atoms with van der Waals surface area (Å²) in [6.07, 6.45) is 3.29. The van der Waals surface area contributed by atoms with E-state index in [4.69, 9.17) is 11.6 Å². The van der Waals surface area contributed by atoms with E-state index in [2.05, 4.69) is 15.2 Å². The molecular weight excluding hydrogens is 330 g/mol. The number of carbonyl (C=O) groups excluding carboxylic acids is 1. The van der Waals surface area contributed by atoms with E-state index in [9.17, 15) is 4.79 Å². The Kier molecular flexibility index (Phi) is 3.99. The lowest BCUT2D eigenvalue weighted by Gasteiger charge is -2.19. The van der Waals surface area contributed by atoms with Gasteiger partial charge in [0.25, 0.3) is 5.91 Å². The average Bonchev–Trinajstić information content (AvgIpc) is 3.09. The van der Waals surface area contributed by atoms with E-state index in [1.54, 1.807) is 5.51 Å². The number of halogens is 1. The van der Waals surface area contributed by atoms with Crippen LogP contribution < -0.4 is 10.2 Å². The molecule has 1 saturated heterocycles. The molecule has 1 aromatic heterocycles. The fourth-order valence-corrected chi connectivity index (χ4v) is 3.99. The highest BCUT2D eigenvalue weighted by molar-refractivity contribution is 7.11. The van der Waals surface area contributed by atoms with Crippen LogP contribution in [0.1, 0.15) is 40.5 Å².